The first-order valence-electron chi connectivity index (χ1n) is 2.71. The van der Waals surface area contributed by atoms with Gasteiger partial charge in [-0.15, -0.1) is 0 Å². The molecular weight excluding hydrogens is 235 g/mol. The quantitative estimate of drug-likeness (QED) is 0.669. The highest BCUT2D eigenvalue weighted by Crippen LogP contribution is 2.39. The van der Waals surface area contributed by atoms with Crippen molar-refractivity contribution in [1.29, 1.82) is 0 Å². The van der Waals surface area contributed by atoms with Gasteiger partial charge in [-0.3, -0.25) is 4.74 Å². The second kappa shape index (κ2) is 3.48. The van der Waals surface area contributed by atoms with Gasteiger partial charge in [-0.2, -0.15) is 35.1 Å². The second-order valence-electron chi connectivity index (χ2n) is 1.99. The molecule has 0 aliphatic carbocycles. The summed E-state index contributed by atoms with van der Waals surface area (Å²) in [5, 5.41) is 0. The Kier molecular flexibility index (Phi) is 3.31. The third kappa shape index (κ3) is 3.24. The van der Waals surface area contributed by atoms with E-state index in [2.05, 4.69) is 0 Å². The van der Waals surface area contributed by atoms with Gasteiger partial charge >= 0.3 is 18.5 Å². The Morgan fingerprint density at radius 1 is 0.786 bits per heavy atom. The van der Waals surface area contributed by atoms with Crippen molar-refractivity contribution in [2.24, 2.45) is 0 Å². The standard InChI is InChI=1S/C4HF9O/c5-1(2(6,7)8)14-4(12,13)3(9,10)11/h1H. The summed E-state index contributed by atoms with van der Waals surface area (Å²) in [6.45, 7) is 0. The summed E-state index contributed by atoms with van der Waals surface area (Å²) in [6.07, 6.45) is -23.2. The van der Waals surface area contributed by atoms with Crippen LogP contribution in [-0.4, -0.2) is 24.8 Å². The molecule has 1 unspecified atom stereocenters. The second-order valence-corrected chi connectivity index (χ2v) is 1.99. The predicted molar refractivity (Wildman–Crippen MR) is 23.0 cm³/mol. The molecule has 0 spiro atoms. The van der Waals surface area contributed by atoms with E-state index >= 15 is 0 Å². The summed E-state index contributed by atoms with van der Waals surface area (Å²) in [4.78, 5) is 0. The van der Waals surface area contributed by atoms with Crippen LogP contribution in [0.15, 0.2) is 0 Å². The number of hydrogen-bond donors (Lipinski definition) is 0. The number of halogens is 9. The average Bonchev–Trinajstić information content (AvgIpc) is 1.80. The molecule has 14 heavy (non-hydrogen) atoms. The molecule has 0 saturated carbocycles. The van der Waals surface area contributed by atoms with Crippen LogP contribution >= 0.6 is 0 Å². The van der Waals surface area contributed by atoms with Gasteiger partial charge in [0.05, 0.1) is 0 Å². The zero-order chi connectivity index (χ0) is 11.8. The Bertz CT molecular complexity index is 190. The van der Waals surface area contributed by atoms with Crippen LogP contribution in [0.2, 0.25) is 0 Å². The fourth-order valence-corrected chi connectivity index (χ4v) is 0.264. The van der Waals surface area contributed by atoms with Crippen LogP contribution in [0.3, 0.4) is 0 Å². The minimum Gasteiger partial charge on any atom is -0.269 e. The molecule has 0 aromatic carbocycles. The molecule has 0 aromatic rings. The van der Waals surface area contributed by atoms with E-state index < -0.39 is 24.8 Å². The maximum Gasteiger partial charge on any atom is 0.483 e. The number of alkyl halides is 9. The zero-order valence-corrected chi connectivity index (χ0v) is 5.89. The van der Waals surface area contributed by atoms with Crippen molar-refractivity contribution in [3.8, 4) is 0 Å². The summed E-state index contributed by atoms with van der Waals surface area (Å²) < 4.78 is 104. The molecule has 0 aliphatic heterocycles. The Hall–Kier alpha value is -0.670. The van der Waals surface area contributed by atoms with Crippen LogP contribution < -0.4 is 0 Å². The molecule has 0 rings (SSSR count). The minimum atomic E-state index is -6.40. The van der Waals surface area contributed by atoms with Crippen LogP contribution in [0, 0.1) is 0 Å². The van der Waals surface area contributed by atoms with Crippen LogP contribution in [0.25, 0.3) is 0 Å². The topological polar surface area (TPSA) is 9.23 Å². The van der Waals surface area contributed by atoms with Crippen molar-refractivity contribution in [3.05, 3.63) is 0 Å². The molecule has 1 nitrogen and oxygen atoms in total. The molecule has 0 amide bonds. The van der Waals surface area contributed by atoms with E-state index in [1.807, 2.05) is 4.74 Å². The number of rotatable bonds is 2. The molecule has 0 heterocycles. The van der Waals surface area contributed by atoms with Gasteiger partial charge in [0.2, 0.25) is 0 Å². The Labute approximate surface area is 70.4 Å². The predicted octanol–water partition coefficient (Wildman–Crippen LogP) is 3.02. The lowest BCUT2D eigenvalue weighted by Crippen LogP contribution is -2.44. The molecule has 1 atom stereocenters. The SMILES string of the molecule is FC(OC(F)(F)C(F)(F)F)C(F)(F)F. The lowest BCUT2D eigenvalue weighted by Gasteiger charge is -2.22. The first-order valence-corrected chi connectivity index (χ1v) is 2.71. The average molecular weight is 236 g/mol. The lowest BCUT2D eigenvalue weighted by atomic mass is 10.6. The maximum absolute atomic E-state index is 11.6. The summed E-state index contributed by atoms with van der Waals surface area (Å²) in [6, 6.07) is 0. The highest BCUT2D eigenvalue weighted by atomic mass is 19.4. The van der Waals surface area contributed by atoms with E-state index in [0.29, 0.717) is 0 Å². The van der Waals surface area contributed by atoms with Crippen LogP contribution in [0.1, 0.15) is 0 Å². The van der Waals surface area contributed by atoms with Gasteiger partial charge in [-0.1, -0.05) is 0 Å². The smallest absolute Gasteiger partial charge is 0.269 e. The monoisotopic (exact) mass is 236 g/mol. The third-order valence-electron chi connectivity index (χ3n) is 0.839. The van der Waals surface area contributed by atoms with Crippen LogP contribution in [0.4, 0.5) is 39.5 Å². The van der Waals surface area contributed by atoms with Gasteiger partial charge in [0.1, 0.15) is 0 Å². The molecule has 0 saturated heterocycles. The highest BCUT2D eigenvalue weighted by molar-refractivity contribution is 4.67. The summed E-state index contributed by atoms with van der Waals surface area (Å²) in [7, 11) is 0. The van der Waals surface area contributed by atoms with Gasteiger partial charge in [0.15, 0.2) is 0 Å². The van der Waals surface area contributed by atoms with E-state index in [-0.39, 0.29) is 0 Å². The number of ether oxygens (including phenoxy) is 1. The Morgan fingerprint density at radius 2 is 1.14 bits per heavy atom. The van der Waals surface area contributed by atoms with Crippen molar-refractivity contribution in [2.75, 3.05) is 0 Å². The zero-order valence-electron chi connectivity index (χ0n) is 5.89. The molecular formula is C4HF9O. The lowest BCUT2D eigenvalue weighted by molar-refractivity contribution is -0.438. The van der Waals surface area contributed by atoms with E-state index in [1.54, 1.807) is 0 Å². The van der Waals surface area contributed by atoms with Gasteiger partial charge in [0.25, 0.3) is 6.36 Å². The molecule has 0 radical (unpaired) electrons. The van der Waals surface area contributed by atoms with Crippen molar-refractivity contribution in [3.63, 3.8) is 0 Å². The van der Waals surface area contributed by atoms with E-state index in [4.69, 9.17) is 0 Å². The third-order valence-corrected chi connectivity index (χ3v) is 0.839. The Balaban J connectivity index is 4.53. The summed E-state index contributed by atoms with van der Waals surface area (Å²) in [5.74, 6) is 0. The fraction of sp³-hybridized carbons (Fsp3) is 1.00. The van der Waals surface area contributed by atoms with Gasteiger partial charge in [-0.25, -0.2) is 4.39 Å². The molecule has 10 heteroatoms. The molecule has 0 aliphatic rings. The van der Waals surface area contributed by atoms with Crippen molar-refractivity contribution in [2.45, 2.75) is 24.8 Å². The van der Waals surface area contributed by atoms with Crippen molar-refractivity contribution >= 4 is 0 Å². The highest BCUT2D eigenvalue weighted by Gasteiger charge is 2.63. The van der Waals surface area contributed by atoms with Crippen LogP contribution in [-0.2, 0) is 4.74 Å². The van der Waals surface area contributed by atoms with E-state index in [1.165, 1.54) is 0 Å². The molecule has 0 bridgehead atoms. The first-order chi connectivity index (χ1) is 5.88. The first kappa shape index (κ1) is 13.3. The summed E-state index contributed by atoms with van der Waals surface area (Å²) >= 11 is 0. The van der Waals surface area contributed by atoms with Gasteiger partial charge in [-0.05, 0) is 0 Å². The number of hydrogen-bond acceptors (Lipinski definition) is 1. The maximum atomic E-state index is 11.6. The minimum absolute atomic E-state index is 1.92. The molecule has 0 aromatic heterocycles. The molecule has 0 fully saturated rings. The Morgan fingerprint density at radius 3 is 1.36 bits per heavy atom. The van der Waals surface area contributed by atoms with Crippen LogP contribution in [0.5, 0.6) is 0 Å². The van der Waals surface area contributed by atoms with E-state index in [9.17, 15) is 39.5 Å². The largest absolute Gasteiger partial charge is 0.483 e. The normalized spacial score (nSPS) is 16.9. The van der Waals surface area contributed by atoms with E-state index in [0.717, 1.165) is 0 Å². The van der Waals surface area contributed by atoms with Crippen molar-refractivity contribution in [1.82, 2.24) is 0 Å². The summed E-state index contributed by atoms with van der Waals surface area (Å²) in [5.41, 5.74) is 0. The van der Waals surface area contributed by atoms with Gasteiger partial charge < -0.3 is 0 Å². The van der Waals surface area contributed by atoms with Gasteiger partial charge in [0, 0.05) is 0 Å². The molecule has 86 valence electrons. The molecule has 0 N–H and O–H groups in total. The van der Waals surface area contributed by atoms with Crippen molar-refractivity contribution < 1.29 is 44.3 Å². The fourth-order valence-electron chi connectivity index (χ4n) is 0.264.